The zero-order chi connectivity index (χ0) is 16.8. The van der Waals surface area contributed by atoms with Crippen LogP contribution in [0.4, 0.5) is 0 Å². The molecule has 0 radical (unpaired) electrons. The van der Waals surface area contributed by atoms with Gasteiger partial charge in [-0.15, -0.1) is 0 Å². The molecule has 0 bridgehead atoms. The molecule has 4 nitrogen and oxygen atoms in total. The molecular formula is C18H15ClN2O2S. The van der Waals surface area contributed by atoms with Gasteiger partial charge in [-0.25, -0.2) is 4.98 Å². The topological polar surface area (TPSA) is 51.2 Å². The maximum absolute atomic E-state index is 12.0. The van der Waals surface area contributed by atoms with E-state index < -0.39 is 0 Å². The number of hydrogen-bond donors (Lipinski definition) is 1. The summed E-state index contributed by atoms with van der Waals surface area (Å²) in [5.74, 6) is 0.655. The second kappa shape index (κ2) is 7.95. The molecular weight excluding hydrogens is 344 g/mol. The fourth-order valence-corrected chi connectivity index (χ4v) is 2.82. The minimum Gasteiger partial charge on any atom is -0.431 e. The van der Waals surface area contributed by atoms with Crippen LogP contribution in [0.25, 0.3) is 0 Å². The van der Waals surface area contributed by atoms with Crippen molar-refractivity contribution in [1.82, 2.24) is 10.3 Å². The van der Waals surface area contributed by atoms with Gasteiger partial charge in [0.05, 0.1) is 6.42 Å². The molecule has 122 valence electrons. The second-order valence-electron chi connectivity index (χ2n) is 5.09. The summed E-state index contributed by atoms with van der Waals surface area (Å²) in [6.45, 7) is 0.459. The Morgan fingerprint density at radius 3 is 2.67 bits per heavy atom. The third-order valence-corrected chi connectivity index (χ3v) is 4.35. The Morgan fingerprint density at radius 2 is 1.96 bits per heavy atom. The Kier molecular flexibility index (Phi) is 5.46. The van der Waals surface area contributed by atoms with Gasteiger partial charge in [-0.05, 0) is 29.3 Å². The van der Waals surface area contributed by atoms with Crippen LogP contribution < -0.4 is 10.1 Å². The summed E-state index contributed by atoms with van der Waals surface area (Å²) < 4.78 is 5.60. The lowest BCUT2D eigenvalue weighted by Gasteiger charge is -2.07. The molecule has 2 aromatic carbocycles. The number of carbonyl (C=O) groups is 1. The minimum absolute atomic E-state index is 0.0637. The van der Waals surface area contributed by atoms with E-state index in [1.54, 1.807) is 12.3 Å². The number of carbonyl (C=O) groups excluding carboxylic acids is 1. The average Bonchev–Trinajstić information content (AvgIpc) is 3.09. The molecule has 1 amide bonds. The summed E-state index contributed by atoms with van der Waals surface area (Å²) in [5, 5.41) is 5.97. The van der Waals surface area contributed by atoms with E-state index >= 15 is 0 Å². The molecule has 3 rings (SSSR count). The zero-order valence-electron chi connectivity index (χ0n) is 12.7. The van der Waals surface area contributed by atoms with Crippen LogP contribution in [0.2, 0.25) is 5.02 Å². The van der Waals surface area contributed by atoms with Crippen LogP contribution in [0.15, 0.2) is 60.1 Å². The number of nitrogens with one attached hydrogen (secondary N) is 1. The monoisotopic (exact) mass is 358 g/mol. The first-order valence-electron chi connectivity index (χ1n) is 7.37. The van der Waals surface area contributed by atoms with Crippen molar-refractivity contribution in [2.24, 2.45) is 0 Å². The van der Waals surface area contributed by atoms with E-state index in [1.807, 2.05) is 47.8 Å². The predicted molar refractivity (Wildman–Crippen MR) is 95.6 cm³/mol. The fourth-order valence-electron chi connectivity index (χ4n) is 2.11. The Labute approximate surface area is 149 Å². The third kappa shape index (κ3) is 4.57. The van der Waals surface area contributed by atoms with E-state index in [2.05, 4.69) is 10.3 Å². The molecule has 0 aliphatic heterocycles. The first-order chi connectivity index (χ1) is 11.7. The molecule has 0 saturated heterocycles. The molecule has 0 aliphatic carbocycles. The summed E-state index contributed by atoms with van der Waals surface area (Å²) in [5.41, 5.74) is 1.82. The molecule has 0 fully saturated rings. The fraction of sp³-hybridized carbons (Fsp3) is 0.111. The van der Waals surface area contributed by atoms with Crippen LogP contribution in [-0.4, -0.2) is 10.9 Å². The molecule has 1 aromatic heterocycles. The Balaban J connectivity index is 1.51. The van der Waals surface area contributed by atoms with Crippen LogP contribution in [0, 0.1) is 0 Å². The molecule has 24 heavy (non-hydrogen) atoms. The first-order valence-corrected chi connectivity index (χ1v) is 8.63. The molecule has 3 aromatic rings. The second-order valence-corrected chi connectivity index (χ2v) is 6.35. The molecule has 0 aliphatic rings. The summed E-state index contributed by atoms with van der Waals surface area (Å²) in [6.07, 6.45) is 1.97. The zero-order valence-corrected chi connectivity index (χ0v) is 14.3. The van der Waals surface area contributed by atoms with Crippen molar-refractivity contribution in [3.63, 3.8) is 0 Å². The Bertz CT molecular complexity index is 804. The van der Waals surface area contributed by atoms with Crippen molar-refractivity contribution < 1.29 is 9.53 Å². The van der Waals surface area contributed by atoms with E-state index in [-0.39, 0.29) is 12.3 Å². The van der Waals surface area contributed by atoms with Crippen LogP contribution >= 0.6 is 22.9 Å². The van der Waals surface area contributed by atoms with E-state index in [0.29, 0.717) is 16.8 Å². The molecule has 6 heteroatoms. The Morgan fingerprint density at radius 1 is 1.17 bits per heavy atom. The summed E-state index contributed by atoms with van der Waals surface area (Å²) in [6, 6.07) is 14.9. The summed E-state index contributed by atoms with van der Waals surface area (Å²) in [4.78, 5) is 16.1. The molecule has 0 spiro atoms. The van der Waals surface area contributed by atoms with E-state index in [4.69, 9.17) is 16.3 Å². The highest BCUT2D eigenvalue weighted by Gasteiger charge is 2.06. The van der Waals surface area contributed by atoms with Gasteiger partial charge in [0, 0.05) is 23.1 Å². The first kappa shape index (κ1) is 16.5. The van der Waals surface area contributed by atoms with Crippen LogP contribution in [0.3, 0.4) is 0 Å². The highest BCUT2D eigenvalue weighted by molar-refractivity contribution is 7.11. The highest BCUT2D eigenvalue weighted by Crippen LogP contribution is 2.23. The van der Waals surface area contributed by atoms with Crippen LogP contribution in [-0.2, 0) is 17.8 Å². The quantitative estimate of drug-likeness (QED) is 0.708. The lowest BCUT2D eigenvalue weighted by Crippen LogP contribution is -2.24. The summed E-state index contributed by atoms with van der Waals surface area (Å²) in [7, 11) is 0. The molecule has 0 atom stereocenters. The number of ether oxygens (including phenoxy) is 1. The van der Waals surface area contributed by atoms with Crippen molar-refractivity contribution >= 4 is 28.8 Å². The van der Waals surface area contributed by atoms with E-state index in [0.717, 1.165) is 16.9 Å². The molecule has 0 unspecified atom stereocenters. The number of halogens is 1. The maximum Gasteiger partial charge on any atom is 0.278 e. The number of thiazole rings is 1. The SMILES string of the molecule is O=C(Cc1ccccc1Cl)NCc1ccc(Oc2nccs2)cc1. The summed E-state index contributed by atoms with van der Waals surface area (Å²) >= 11 is 7.50. The minimum atomic E-state index is -0.0637. The van der Waals surface area contributed by atoms with Crippen molar-refractivity contribution in [2.75, 3.05) is 0 Å². The van der Waals surface area contributed by atoms with E-state index in [1.165, 1.54) is 11.3 Å². The van der Waals surface area contributed by atoms with Gasteiger partial charge < -0.3 is 10.1 Å². The number of benzene rings is 2. The molecule has 0 saturated carbocycles. The van der Waals surface area contributed by atoms with Crippen molar-refractivity contribution in [2.45, 2.75) is 13.0 Å². The largest absolute Gasteiger partial charge is 0.431 e. The van der Waals surface area contributed by atoms with Gasteiger partial charge in [-0.1, -0.05) is 53.3 Å². The number of aromatic nitrogens is 1. The average molecular weight is 359 g/mol. The smallest absolute Gasteiger partial charge is 0.278 e. The number of hydrogen-bond acceptors (Lipinski definition) is 4. The van der Waals surface area contributed by atoms with Crippen LogP contribution in [0.5, 0.6) is 10.9 Å². The Hall–Kier alpha value is -2.37. The maximum atomic E-state index is 12.0. The van der Waals surface area contributed by atoms with Crippen molar-refractivity contribution in [1.29, 1.82) is 0 Å². The molecule has 1 heterocycles. The number of rotatable bonds is 6. The highest BCUT2D eigenvalue weighted by atomic mass is 35.5. The van der Waals surface area contributed by atoms with E-state index in [9.17, 15) is 4.79 Å². The van der Waals surface area contributed by atoms with Gasteiger partial charge in [0.15, 0.2) is 0 Å². The van der Waals surface area contributed by atoms with Gasteiger partial charge in [0.1, 0.15) is 5.75 Å². The van der Waals surface area contributed by atoms with Crippen molar-refractivity contribution in [3.05, 3.63) is 76.3 Å². The van der Waals surface area contributed by atoms with Gasteiger partial charge >= 0.3 is 0 Å². The van der Waals surface area contributed by atoms with Gasteiger partial charge in [0.2, 0.25) is 5.91 Å². The molecule has 1 N–H and O–H groups in total. The van der Waals surface area contributed by atoms with Crippen molar-refractivity contribution in [3.8, 4) is 10.9 Å². The standard InChI is InChI=1S/C18H15ClN2O2S/c19-16-4-2-1-3-14(16)11-17(22)21-12-13-5-7-15(8-6-13)23-18-20-9-10-24-18/h1-10H,11-12H2,(H,21,22). The lowest BCUT2D eigenvalue weighted by molar-refractivity contribution is -0.120. The van der Waals surface area contributed by atoms with Gasteiger partial charge in [0.25, 0.3) is 5.19 Å². The number of amides is 1. The van der Waals surface area contributed by atoms with Gasteiger partial charge in [-0.2, -0.15) is 0 Å². The van der Waals surface area contributed by atoms with Gasteiger partial charge in [-0.3, -0.25) is 4.79 Å². The third-order valence-electron chi connectivity index (χ3n) is 3.34. The van der Waals surface area contributed by atoms with Crippen LogP contribution in [0.1, 0.15) is 11.1 Å². The lowest BCUT2D eigenvalue weighted by atomic mass is 10.1. The predicted octanol–water partition coefficient (Wildman–Crippen LogP) is 4.45. The number of nitrogens with zero attached hydrogens (tertiary/aromatic N) is 1. The normalized spacial score (nSPS) is 10.4.